The van der Waals surface area contributed by atoms with E-state index in [4.69, 9.17) is 0 Å². The van der Waals surface area contributed by atoms with Gasteiger partial charge in [0.15, 0.2) is 5.82 Å². The molecule has 0 aliphatic heterocycles. The molecule has 1 aromatic heterocycles. The van der Waals surface area contributed by atoms with Crippen LogP contribution in [0.4, 0.5) is 5.82 Å². The Morgan fingerprint density at radius 2 is 2.31 bits per heavy atom. The zero-order valence-electron chi connectivity index (χ0n) is 8.82. The predicted molar refractivity (Wildman–Crippen MR) is 59.1 cm³/mol. The number of anilines is 1. The van der Waals surface area contributed by atoms with Crippen molar-refractivity contribution in [2.45, 2.75) is 12.8 Å². The standard InChI is InChI=1S/C10H14N4O2/c15-9-4-3-8(13-14-9)12-10(16)6-11-5-7-1-2-7/h3-4,7,11H,1-2,5-6H2,(H,14,15)(H,12,13,16). The van der Waals surface area contributed by atoms with Crippen LogP contribution in [-0.4, -0.2) is 29.2 Å². The molecule has 0 atom stereocenters. The van der Waals surface area contributed by atoms with Gasteiger partial charge in [0, 0.05) is 6.07 Å². The van der Waals surface area contributed by atoms with Crippen LogP contribution in [0, 0.1) is 5.92 Å². The Morgan fingerprint density at radius 3 is 2.94 bits per heavy atom. The Hall–Kier alpha value is -1.69. The summed E-state index contributed by atoms with van der Waals surface area (Å²) in [7, 11) is 0. The summed E-state index contributed by atoms with van der Waals surface area (Å²) in [5.74, 6) is 0.956. The molecule has 1 saturated carbocycles. The van der Waals surface area contributed by atoms with Crippen molar-refractivity contribution in [3.8, 4) is 0 Å². The highest BCUT2D eigenvalue weighted by molar-refractivity contribution is 5.91. The van der Waals surface area contributed by atoms with E-state index in [0.717, 1.165) is 12.5 Å². The van der Waals surface area contributed by atoms with E-state index in [9.17, 15) is 9.59 Å². The molecule has 0 unspecified atom stereocenters. The van der Waals surface area contributed by atoms with Crippen LogP contribution in [0.2, 0.25) is 0 Å². The molecule has 1 fully saturated rings. The number of aromatic nitrogens is 2. The molecular weight excluding hydrogens is 208 g/mol. The molecular formula is C10H14N4O2. The Labute approximate surface area is 92.4 Å². The summed E-state index contributed by atoms with van der Waals surface area (Å²) >= 11 is 0. The van der Waals surface area contributed by atoms with Gasteiger partial charge in [-0.3, -0.25) is 9.59 Å². The van der Waals surface area contributed by atoms with Crippen molar-refractivity contribution < 1.29 is 4.79 Å². The van der Waals surface area contributed by atoms with Gasteiger partial charge in [0.2, 0.25) is 5.91 Å². The van der Waals surface area contributed by atoms with Gasteiger partial charge in [-0.1, -0.05) is 0 Å². The van der Waals surface area contributed by atoms with Crippen molar-refractivity contribution in [3.05, 3.63) is 22.5 Å². The molecule has 1 aromatic rings. The smallest absolute Gasteiger partial charge is 0.264 e. The maximum atomic E-state index is 11.4. The number of H-pyrrole nitrogens is 1. The number of nitrogens with one attached hydrogen (secondary N) is 3. The number of hydrogen-bond donors (Lipinski definition) is 3. The number of carbonyl (C=O) groups excluding carboxylic acids is 1. The van der Waals surface area contributed by atoms with Crippen LogP contribution in [0.1, 0.15) is 12.8 Å². The Morgan fingerprint density at radius 1 is 1.50 bits per heavy atom. The minimum atomic E-state index is -0.287. The second kappa shape index (κ2) is 4.89. The normalized spacial score (nSPS) is 14.8. The van der Waals surface area contributed by atoms with Crippen LogP contribution < -0.4 is 16.2 Å². The maximum Gasteiger partial charge on any atom is 0.264 e. The summed E-state index contributed by atoms with van der Waals surface area (Å²) in [4.78, 5) is 22.1. The molecule has 2 rings (SSSR count). The first-order valence-electron chi connectivity index (χ1n) is 5.30. The summed E-state index contributed by atoms with van der Waals surface area (Å²) in [5.41, 5.74) is -0.287. The molecule has 1 aliphatic rings. The van der Waals surface area contributed by atoms with Crippen molar-refractivity contribution in [2.75, 3.05) is 18.4 Å². The summed E-state index contributed by atoms with van der Waals surface area (Å²) in [6, 6.07) is 2.79. The average Bonchev–Trinajstić information content (AvgIpc) is 3.05. The summed E-state index contributed by atoms with van der Waals surface area (Å²) in [5, 5.41) is 11.6. The molecule has 1 amide bonds. The van der Waals surface area contributed by atoms with Gasteiger partial charge in [0.05, 0.1) is 6.54 Å². The van der Waals surface area contributed by atoms with E-state index in [1.807, 2.05) is 0 Å². The first-order chi connectivity index (χ1) is 7.74. The Balaban J connectivity index is 1.72. The molecule has 3 N–H and O–H groups in total. The molecule has 0 saturated heterocycles. The van der Waals surface area contributed by atoms with E-state index in [0.29, 0.717) is 5.82 Å². The zero-order chi connectivity index (χ0) is 11.4. The van der Waals surface area contributed by atoms with Crippen molar-refractivity contribution >= 4 is 11.7 Å². The van der Waals surface area contributed by atoms with E-state index in [1.165, 1.54) is 25.0 Å². The minimum Gasteiger partial charge on any atom is -0.308 e. The number of nitrogens with zero attached hydrogens (tertiary/aromatic N) is 1. The van der Waals surface area contributed by atoms with Crippen LogP contribution in [0.15, 0.2) is 16.9 Å². The topological polar surface area (TPSA) is 86.9 Å². The number of aromatic amines is 1. The zero-order valence-corrected chi connectivity index (χ0v) is 8.82. The van der Waals surface area contributed by atoms with Crippen molar-refractivity contribution in [2.24, 2.45) is 5.92 Å². The molecule has 1 aliphatic carbocycles. The van der Waals surface area contributed by atoms with Gasteiger partial charge < -0.3 is 10.6 Å². The van der Waals surface area contributed by atoms with Crippen LogP contribution in [0.5, 0.6) is 0 Å². The van der Waals surface area contributed by atoms with Crippen molar-refractivity contribution in [1.82, 2.24) is 15.5 Å². The van der Waals surface area contributed by atoms with Gasteiger partial charge in [-0.2, -0.15) is 5.10 Å². The van der Waals surface area contributed by atoms with Crippen LogP contribution >= 0.6 is 0 Å². The highest BCUT2D eigenvalue weighted by Crippen LogP contribution is 2.27. The SMILES string of the molecule is O=C(CNCC1CC1)Nc1ccc(=O)[nH]n1. The van der Waals surface area contributed by atoms with Crippen LogP contribution in [0.3, 0.4) is 0 Å². The number of hydrogen-bond acceptors (Lipinski definition) is 4. The highest BCUT2D eigenvalue weighted by Gasteiger charge is 2.20. The van der Waals surface area contributed by atoms with Crippen LogP contribution in [-0.2, 0) is 4.79 Å². The number of rotatable bonds is 5. The van der Waals surface area contributed by atoms with Crippen molar-refractivity contribution in [1.29, 1.82) is 0 Å². The molecule has 6 nitrogen and oxygen atoms in total. The van der Waals surface area contributed by atoms with E-state index < -0.39 is 0 Å². The van der Waals surface area contributed by atoms with E-state index in [2.05, 4.69) is 20.8 Å². The fourth-order valence-electron chi connectivity index (χ4n) is 1.31. The first kappa shape index (κ1) is 10.8. The first-order valence-corrected chi connectivity index (χ1v) is 5.30. The monoisotopic (exact) mass is 222 g/mol. The third-order valence-electron chi connectivity index (χ3n) is 2.36. The van der Waals surface area contributed by atoms with E-state index in [1.54, 1.807) is 0 Å². The fraction of sp³-hybridized carbons (Fsp3) is 0.500. The molecule has 1 heterocycles. The van der Waals surface area contributed by atoms with Gasteiger partial charge in [-0.25, -0.2) is 5.10 Å². The maximum absolute atomic E-state index is 11.4. The minimum absolute atomic E-state index is 0.153. The third kappa shape index (κ3) is 3.47. The van der Waals surface area contributed by atoms with Gasteiger partial charge in [0.1, 0.15) is 0 Å². The quantitative estimate of drug-likeness (QED) is 0.638. The molecule has 0 aromatic carbocycles. The summed E-state index contributed by atoms with van der Waals surface area (Å²) in [6.07, 6.45) is 2.52. The van der Waals surface area contributed by atoms with Crippen LogP contribution in [0.25, 0.3) is 0 Å². The Kier molecular flexibility index (Phi) is 3.31. The molecule has 6 heteroatoms. The lowest BCUT2D eigenvalue weighted by Gasteiger charge is -2.04. The third-order valence-corrected chi connectivity index (χ3v) is 2.36. The Bertz CT molecular complexity index is 405. The summed E-state index contributed by atoms with van der Waals surface area (Å²) < 4.78 is 0. The summed E-state index contributed by atoms with van der Waals surface area (Å²) in [6.45, 7) is 1.17. The molecule has 16 heavy (non-hydrogen) atoms. The predicted octanol–water partition coefficient (Wildman–Crippen LogP) is -0.292. The second-order valence-electron chi connectivity index (χ2n) is 3.93. The lowest BCUT2D eigenvalue weighted by molar-refractivity contribution is -0.115. The van der Waals surface area contributed by atoms with Gasteiger partial charge in [0.25, 0.3) is 5.56 Å². The largest absolute Gasteiger partial charge is 0.308 e. The van der Waals surface area contributed by atoms with Gasteiger partial charge in [-0.05, 0) is 31.4 Å². The van der Waals surface area contributed by atoms with E-state index >= 15 is 0 Å². The lowest BCUT2D eigenvalue weighted by Crippen LogP contribution is -2.30. The van der Waals surface area contributed by atoms with Gasteiger partial charge in [-0.15, -0.1) is 0 Å². The molecule has 86 valence electrons. The highest BCUT2D eigenvalue weighted by atomic mass is 16.2. The molecule has 0 spiro atoms. The fourth-order valence-corrected chi connectivity index (χ4v) is 1.31. The second-order valence-corrected chi connectivity index (χ2v) is 3.93. The van der Waals surface area contributed by atoms with Gasteiger partial charge >= 0.3 is 0 Å². The number of amides is 1. The van der Waals surface area contributed by atoms with Crippen molar-refractivity contribution in [3.63, 3.8) is 0 Å². The average molecular weight is 222 g/mol. The number of carbonyl (C=O) groups is 1. The molecule has 0 radical (unpaired) electrons. The molecule has 0 bridgehead atoms. The van der Waals surface area contributed by atoms with E-state index in [-0.39, 0.29) is 18.0 Å². The lowest BCUT2D eigenvalue weighted by atomic mass is 10.4.